The number of alkyl carbamates (subject to hydrolysis) is 1. The summed E-state index contributed by atoms with van der Waals surface area (Å²) in [5, 5.41) is 22.3. The first-order chi connectivity index (χ1) is 15.2. The van der Waals surface area contributed by atoms with Gasteiger partial charge in [-0.3, -0.25) is 19.6 Å². The molecule has 2 atom stereocenters. The summed E-state index contributed by atoms with van der Waals surface area (Å²) < 4.78 is 86.0. The quantitative estimate of drug-likeness (QED) is 0.293. The summed E-state index contributed by atoms with van der Waals surface area (Å²) in [7, 11) is 0. The Bertz CT molecular complexity index is 846. The fourth-order valence-corrected chi connectivity index (χ4v) is 2.81. The van der Waals surface area contributed by atoms with Gasteiger partial charge in [0.15, 0.2) is 5.72 Å². The van der Waals surface area contributed by atoms with Gasteiger partial charge in [-0.25, -0.2) is 4.79 Å². The third kappa shape index (κ3) is 10.4. The molecule has 0 aliphatic heterocycles. The number of allylic oxidation sites excluding steroid dienone is 2. The molecule has 0 fully saturated rings. The fraction of sp³-hybridized carbons (Fsp3) is 0.632. The third-order valence-corrected chi connectivity index (χ3v) is 4.03. The van der Waals surface area contributed by atoms with Crippen molar-refractivity contribution >= 4 is 18.0 Å². The van der Waals surface area contributed by atoms with Gasteiger partial charge in [-0.15, -0.1) is 13.2 Å². The zero-order chi connectivity index (χ0) is 26.5. The Balaban J connectivity index is 3.35. The fourth-order valence-electron chi connectivity index (χ4n) is 2.81. The molecule has 4 N–H and O–H groups in total. The van der Waals surface area contributed by atoms with Crippen LogP contribution in [-0.2, 0) is 19.1 Å². The molecule has 1 rings (SSSR count). The van der Waals surface area contributed by atoms with Crippen molar-refractivity contribution in [3.63, 3.8) is 0 Å². The lowest BCUT2D eigenvalue weighted by atomic mass is 9.91. The highest BCUT2D eigenvalue weighted by Crippen LogP contribution is 2.37. The summed E-state index contributed by atoms with van der Waals surface area (Å²) in [6.45, 7) is 4.20. The summed E-state index contributed by atoms with van der Waals surface area (Å²) in [5.41, 5.74) is -5.12. The molecule has 15 heteroatoms. The number of ether oxygens (including phenoxy) is 2. The van der Waals surface area contributed by atoms with Crippen molar-refractivity contribution in [1.82, 2.24) is 10.6 Å². The van der Waals surface area contributed by atoms with E-state index in [1.165, 1.54) is 20.8 Å². The first kappa shape index (κ1) is 29.2. The maximum absolute atomic E-state index is 13.3. The van der Waals surface area contributed by atoms with Gasteiger partial charge in [-0.2, -0.15) is 13.2 Å². The number of carbonyl (C=O) groups excluding carboxylic acids is 2. The monoisotopic (exact) mass is 506 g/mol. The topological polar surface area (TPSA) is 134 Å². The van der Waals surface area contributed by atoms with Crippen molar-refractivity contribution in [3.8, 4) is 0 Å². The number of rotatable bonds is 8. The molecule has 0 aromatic rings. The molecule has 34 heavy (non-hydrogen) atoms. The van der Waals surface area contributed by atoms with Crippen LogP contribution >= 0.6 is 0 Å². The lowest BCUT2D eigenvalue weighted by Crippen LogP contribution is -2.60. The zero-order valence-electron chi connectivity index (χ0n) is 18.3. The largest absolute Gasteiger partial charge is 0.524 e. The Morgan fingerprint density at radius 1 is 1.12 bits per heavy atom. The molecule has 0 aromatic carbocycles. The van der Waals surface area contributed by atoms with Gasteiger partial charge in [0, 0.05) is 12.8 Å². The molecule has 0 bridgehead atoms. The molecule has 0 unspecified atom stereocenters. The van der Waals surface area contributed by atoms with Gasteiger partial charge in [0.05, 0.1) is 12.1 Å². The minimum Gasteiger partial charge on any atom is -0.481 e. The van der Waals surface area contributed by atoms with Crippen molar-refractivity contribution < 1.29 is 60.4 Å². The number of aliphatic hydroxyl groups excluding tert-OH is 1. The number of hydrogen-bond acceptors (Lipinski definition) is 6. The highest BCUT2D eigenvalue weighted by atomic mass is 19.4. The predicted octanol–water partition coefficient (Wildman–Crippen LogP) is 3.25. The van der Waals surface area contributed by atoms with Crippen molar-refractivity contribution in [3.05, 3.63) is 23.4 Å². The number of carbonyl (C=O) groups is 3. The molecule has 9 nitrogen and oxygen atoms in total. The number of aliphatic carboxylic acids is 1. The van der Waals surface area contributed by atoms with Crippen molar-refractivity contribution in [1.29, 1.82) is 0 Å². The molecule has 0 radical (unpaired) electrons. The molecule has 0 aromatic heterocycles. The van der Waals surface area contributed by atoms with Crippen LogP contribution in [0.2, 0.25) is 0 Å². The summed E-state index contributed by atoms with van der Waals surface area (Å²) >= 11 is 0. The van der Waals surface area contributed by atoms with Crippen LogP contribution in [0.15, 0.2) is 23.4 Å². The van der Waals surface area contributed by atoms with Crippen LogP contribution < -0.4 is 10.6 Å². The van der Waals surface area contributed by atoms with E-state index in [9.17, 15) is 45.8 Å². The van der Waals surface area contributed by atoms with E-state index in [0.29, 0.717) is 0 Å². The summed E-state index contributed by atoms with van der Waals surface area (Å²) in [4.78, 5) is 35.5. The van der Waals surface area contributed by atoms with Crippen LogP contribution in [0.1, 0.15) is 46.5 Å². The lowest BCUT2D eigenvalue weighted by Gasteiger charge is -2.39. The minimum atomic E-state index is -5.45. The normalized spacial score (nSPS) is 20.1. The van der Waals surface area contributed by atoms with Gasteiger partial charge < -0.3 is 20.3 Å². The van der Waals surface area contributed by atoms with Gasteiger partial charge in [-0.1, -0.05) is 11.6 Å². The molecule has 0 heterocycles. The molecule has 194 valence electrons. The molecule has 1 aliphatic rings. The second-order valence-electron chi connectivity index (χ2n) is 8.31. The Kier molecular flexibility index (Phi) is 9.14. The van der Waals surface area contributed by atoms with Crippen LogP contribution in [0.5, 0.6) is 0 Å². The standard InChI is InChI=1S/C19H24F6N2O7/c1-16(2,3)33-15(32)27-17(34-19(23,24)25)9-10(8-13(29)30)4-5-12(17)26-14(31)11(28)6-7-18(20,21)22/h4-5,11,28H,6-9H2,1-3H3,(H,26,31)(H,27,32)(H,29,30)/t11-,17+/m0/s1. The summed E-state index contributed by atoms with van der Waals surface area (Å²) in [6, 6.07) is 0. The van der Waals surface area contributed by atoms with Crippen LogP contribution in [0.3, 0.4) is 0 Å². The Morgan fingerprint density at radius 3 is 2.18 bits per heavy atom. The van der Waals surface area contributed by atoms with Crippen LogP contribution in [0.4, 0.5) is 31.1 Å². The number of hydrogen-bond donors (Lipinski definition) is 4. The Hall–Kier alpha value is -2.81. The maximum atomic E-state index is 13.3. The van der Waals surface area contributed by atoms with E-state index in [1.54, 1.807) is 0 Å². The molecule has 2 amide bonds. The zero-order valence-corrected chi connectivity index (χ0v) is 18.3. The first-order valence-electron chi connectivity index (χ1n) is 9.67. The van der Waals surface area contributed by atoms with E-state index in [0.717, 1.165) is 12.2 Å². The molecule has 0 saturated carbocycles. The third-order valence-electron chi connectivity index (χ3n) is 4.03. The first-order valence-corrected chi connectivity index (χ1v) is 9.67. The van der Waals surface area contributed by atoms with Gasteiger partial charge in [0.2, 0.25) is 0 Å². The van der Waals surface area contributed by atoms with E-state index < -0.39 is 79.3 Å². The molecule has 0 saturated heterocycles. The molecular weight excluding hydrogens is 482 g/mol. The van der Waals surface area contributed by atoms with E-state index in [2.05, 4.69) is 4.74 Å². The number of aliphatic hydroxyl groups is 1. The second kappa shape index (κ2) is 10.6. The Morgan fingerprint density at radius 2 is 1.71 bits per heavy atom. The predicted molar refractivity (Wildman–Crippen MR) is 102 cm³/mol. The van der Waals surface area contributed by atoms with Gasteiger partial charge >= 0.3 is 24.6 Å². The van der Waals surface area contributed by atoms with E-state index >= 15 is 0 Å². The van der Waals surface area contributed by atoms with Crippen LogP contribution in [0.25, 0.3) is 0 Å². The average Bonchev–Trinajstić information content (AvgIpc) is 2.57. The smallest absolute Gasteiger partial charge is 0.481 e. The number of carboxylic acid groups (broad SMARTS) is 1. The molecular formula is C19H24F6N2O7. The number of carboxylic acids is 1. The van der Waals surface area contributed by atoms with Gasteiger partial charge in [-0.05, 0) is 33.3 Å². The van der Waals surface area contributed by atoms with Gasteiger partial charge in [0.25, 0.3) is 5.91 Å². The highest BCUT2D eigenvalue weighted by molar-refractivity contribution is 5.83. The number of amides is 2. The van der Waals surface area contributed by atoms with E-state index in [-0.39, 0.29) is 5.57 Å². The second-order valence-corrected chi connectivity index (χ2v) is 8.31. The number of nitrogens with one attached hydrogen (secondary N) is 2. The van der Waals surface area contributed by atoms with E-state index in [1.807, 2.05) is 10.6 Å². The minimum absolute atomic E-state index is 0.163. The summed E-state index contributed by atoms with van der Waals surface area (Å²) in [6.07, 6.45) is -16.4. The highest BCUT2D eigenvalue weighted by Gasteiger charge is 2.50. The van der Waals surface area contributed by atoms with Crippen molar-refractivity contribution in [2.45, 2.75) is 76.4 Å². The van der Waals surface area contributed by atoms with Crippen molar-refractivity contribution in [2.75, 3.05) is 0 Å². The molecule has 1 aliphatic carbocycles. The average molecular weight is 506 g/mol. The summed E-state index contributed by atoms with van der Waals surface area (Å²) in [5.74, 6) is -2.93. The SMILES string of the molecule is CC(C)(C)OC(=O)N[C@@]1(OC(F)(F)F)CC(CC(=O)O)=CC=C1NC(=O)[C@@H](O)CCC(F)(F)F. The number of alkyl halides is 6. The number of halogens is 6. The van der Waals surface area contributed by atoms with Gasteiger partial charge in [0.1, 0.15) is 11.7 Å². The molecule has 0 spiro atoms. The van der Waals surface area contributed by atoms with E-state index in [4.69, 9.17) is 9.84 Å². The van der Waals surface area contributed by atoms with Crippen molar-refractivity contribution in [2.24, 2.45) is 0 Å². The Labute approximate surface area is 189 Å². The maximum Gasteiger partial charge on any atom is 0.524 e. The van der Waals surface area contributed by atoms with Crippen LogP contribution in [-0.4, -0.2) is 58.2 Å². The lowest BCUT2D eigenvalue weighted by molar-refractivity contribution is -0.364. The van der Waals surface area contributed by atoms with Crippen LogP contribution in [0, 0.1) is 0 Å².